The number of carbonyl (C=O) groups excluding carboxylic acids is 1. The summed E-state index contributed by atoms with van der Waals surface area (Å²) >= 11 is 1.75. The molecule has 6 nitrogen and oxygen atoms in total. The average Bonchev–Trinajstić information content (AvgIpc) is 3.55. The fraction of sp³-hybridized carbons (Fsp3) is 0.500. The highest BCUT2D eigenvalue weighted by atomic mass is 32.1. The Morgan fingerprint density at radius 3 is 2.85 bits per heavy atom. The molecule has 1 saturated carbocycles. The monoisotopic (exact) mass is 468 g/mol. The highest BCUT2D eigenvalue weighted by Crippen LogP contribution is 2.34. The molecule has 2 aromatic rings. The Bertz CT molecular complexity index is 963. The Morgan fingerprint density at radius 1 is 1.33 bits per heavy atom. The predicted molar refractivity (Wildman–Crippen MR) is 129 cm³/mol. The van der Waals surface area contributed by atoms with Gasteiger partial charge in [-0.1, -0.05) is 23.6 Å². The summed E-state index contributed by atoms with van der Waals surface area (Å²) in [6.07, 6.45) is 7.51. The maximum Gasteiger partial charge on any atom is 0.237 e. The Morgan fingerprint density at radius 2 is 2.12 bits per heavy atom. The summed E-state index contributed by atoms with van der Waals surface area (Å²) in [7, 11) is 0. The molecule has 2 heterocycles. The second-order valence-electron chi connectivity index (χ2n) is 8.81. The second-order valence-corrected chi connectivity index (χ2v) is 9.81. The van der Waals surface area contributed by atoms with Crippen molar-refractivity contribution in [1.29, 1.82) is 0 Å². The van der Waals surface area contributed by atoms with Crippen molar-refractivity contribution < 1.29 is 19.4 Å². The number of nitrogens with zero attached hydrogens (tertiary/aromatic N) is 2. The van der Waals surface area contributed by atoms with Crippen molar-refractivity contribution in [3.63, 3.8) is 0 Å². The summed E-state index contributed by atoms with van der Waals surface area (Å²) in [4.78, 5) is 18.9. The summed E-state index contributed by atoms with van der Waals surface area (Å²) in [6, 6.07) is 10.4. The zero-order valence-electron chi connectivity index (χ0n) is 19.1. The largest absolute Gasteiger partial charge is 0.491 e. The van der Waals surface area contributed by atoms with Crippen LogP contribution < -0.4 is 4.74 Å². The minimum absolute atomic E-state index is 0.0769. The first kappa shape index (κ1) is 23.8. The van der Waals surface area contributed by atoms with Crippen molar-refractivity contribution in [3.05, 3.63) is 51.7 Å². The van der Waals surface area contributed by atoms with E-state index >= 15 is 0 Å². The third-order valence-corrected chi connectivity index (χ3v) is 7.18. The number of fused-ring (bicyclic) bond motifs is 1. The van der Waals surface area contributed by atoms with E-state index in [1.54, 1.807) is 11.3 Å². The van der Waals surface area contributed by atoms with E-state index in [2.05, 4.69) is 22.3 Å². The Kier molecular flexibility index (Phi) is 8.05. The van der Waals surface area contributed by atoms with Crippen molar-refractivity contribution in [2.45, 2.75) is 44.4 Å². The molecule has 2 aliphatic rings. The highest BCUT2D eigenvalue weighted by Gasteiger charge is 2.36. The lowest BCUT2D eigenvalue weighted by Crippen LogP contribution is -2.48. The van der Waals surface area contributed by atoms with Gasteiger partial charge in [-0.3, -0.25) is 9.69 Å². The van der Waals surface area contributed by atoms with Crippen LogP contribution in [0.3, 0.4) is 0 Å². The lowest BCUT2D eigenvalue weighted by atomic mass is 10.0. The first-order chi connectivity index (χ1) is 16.0. The number of aliphatic hydroxyl groups excluding tert-OH is 1. The molecule has 0 unspecified atom stereocenters. The van der Waals surface area contributed by atoms with Crippen LogP contribution in [0.5, 0.6) is 5.75 Å². The van der Waals surface area contributed by atoms with Crippen LogP contribution in [0.15, 0.2) is 35.7 Å². The molecule has 1 amide bonds. The number of aryl methyl sites for hydroxylation is 1. The summed E-state index contributed by atoms with van der Waals surface area (Å²) < 4.78 is 11.4. The van der Waals surface area contributed by atoms with E-state index in [-0.39, 0.29) is 31.7 Å². The molecule has 0 saturated heterocycles. The highest BCUT2D eigenvalue weighted by molar-refractivity contribution is 7.10. The molecule has 1 aliphatic heterocycles. The topological polar surface area (TPSA) is 62.2 Å². The molecule has 1 N–H and O–H groups in total. The predicted octanol–water partition coefficient (Wildman–Crippen LogP) is 3.04. The molecule has 0 radical (unpaired) electrons. The first-order valence-corrected chi connectivity index (χ1v) is 12.4. The number of thiophene rings is 1. The van der Waals surface area contributed by atoms with Crippen molar-refractivity contribution in [1.82, 2.24) is 9.80 Å². The number of benzene rings is 1. The molecule has 0 bridgehead atoms. The Hall–Kier alpha value is -2.37. The van der Waals surface area contributed by atoms with Crippen molar-refractivity contribution in [2.24, 2.45) is 0 Å². The first-order valence-electron chi connectivity index (χ1n) is 11.5. The van der Waals surface area contributed by atoms with Crippen LogP contribution in [-0.2, 0) is 16.0 Å². The standard InChI is InChI=1S/C26H32N2O4S/c1-3-13-31-17-21(29)15-27(20-6-7-20)16-26(30)28-12-10-25-23(11-14-33-25)24(28)18-32-22-8-4-19(2)5-9-22/h1,4-5,8-9,11,14,20-21,24,29H,6-7,10,12-13,15-18H2,2H3/t21-,24+/m0/s1. The number of hydrogen-bond acceptors (Lipinski definition) is 6. The van der Waals surface area contributed by atoms with Gasteiger partial charge in [-0.2, -0.15) is 0 Å². The van der Waals surface area contributed by atoms with E-state index in [4.69, 9.17) is 15.9 Å². The van der Waals surface area contributed by atoms with Gasteiger partial charge in [0, 0.05) is 24.0 Å². The summed E-state index contributed by atoms with van der Waals surface area (Å²) in [6.45, 7) is 4.20. The van der Waals surface area contributed by atoms with E-state index < -0.39 is 6.10 Å². The van der Waals surface area contributed by atoms with Gasteiger partial charge in [-0.05, 0) is 55.3 Å². The molecule has 33 heavy (non-hydrogen) atoms. The number of ether oxygens (including phenoxy) is 2. The SMILES string of the molecule is C#CCOC[C@@H](O)CN(CC(=O)N1CCc2sccc2[C@H]1COc1ccc(C)cc1)C1CC1. The fourth-order valence-corrected chi connectivity index (χ4v) is 5.24. The molecule has 0 spiro atoms. The minimum Gasteiger partial charge on any atom is -0.491 e. The van der Waals surface area contributed by atoms with Crippen LogP contribution in [0.1, 0.15) is 34.9 Å². The molecule has 1 aromatic carbocycles. The van der Waals surface area contributed by atoms with Crippen LogP contribution >= 0.6 is 11.3 Å². The molecule has 176 valence electrons. The lowest BCUT2D eigenvalue weighted by Gasteiger charge is -2.37. The Balaban J connectivity index is 1.41. The third-order valence-electron chi connectivity index (χ3n) is 6.19. The summed E-state index contributed by atoms with van der Waals surface area (Å²) in [5, 5.41) is 12.4. The second kappa shape index (κ2) is 11.2. The molecule has 1 aromatic heterocycles. The lowest BCUT2D eigenvalue weighted by molar-refractivity contribution is -0.136. The van der Waals surface area contributed by atoms with E-state index in [1.165, 1.54) is 16.0 Å². The van der Waals surface area contributed by atoms with E-state index in [9.17, 15) is 9.90 Å². The van der Waals surface area contributed by atoms with E-state index in [1.807, 2.05) is 36.1 Å². The minimum atomic E-state index is -0.669. The quantitative estimate of drug-likeness (QED) is 0.406. The van der Waals surface area contributed by atoms with Gasteiger partial charge in [0.25, 0.3) is 0 Å². The molecule has 2 atom stereocenters. The normalized spacial score (nSPS) is 18.6. The molecule has 1 aliphatic carbocycles. The van der Waals surface area contributed by atoms with Crippen molar-refractivity contribution in [2.75, 3.05) is 39.5 Å². The number of terminal acetylenes is 1. The zero-order chi connectivity index (χ0) is 23.2. The van der Waals surface area contributed by atoms with Crippen molar-refractivity contribution in [3.8, 4) is 18.1 Å². The van der Waals surface area contributed by atoms with Gasteiger partial charge in [-0.15, -0.1) is 17.8 Å². The molecule has 7 heteroatoms. The van der Waals surface area contributed by atoms with Crippen molar-refractivity contribution >= 4 is 17.2 Å². The van der Waals surface area contributed by atoms with Gasteiger partial charge in [0.15, 0.2) is 0 Å². The van der Waals surface area contributed by atoms with Crippen LogP contribution in [0.4, 0.5) is 0 Å². The number of rotatable bonds is 11. The van der Waals surface area contributed by atoms with Gasteiger partial charge >= 0.3 is 0 Å². The number of hydrogen-bond donors (Lipinski definition) is 1. The fourth-order valence-electron chi connectivity index (χ4n) is 4.31. The van der Waals surface area contributed by atoms with E-state index in [0.717, 1.165) is 25.0 Å². The third kappa shape index (κ3) is 6.36. The molecular formula is C26H32N2O4S. The maximum atomic E-state index is 13.5. The van der Waals surface area contributed by atoms with Gasteiger partial charge in [0.2, 0.25) is 5.91 Å². The summed E-state index contributed by atoms with van der Waals surface area (Å²) in [5.74, 6) is 3.29. The molecule has 4 rings (SSSR count). The van der Waals surface area contributed by atoms with E-state index in [0.29, 0.717) is 25.7 Å². The number of carbonyl (C=O) groups is 1. The van der Waals surface area contributed by atoms with Crippen LogP contribution in [0.25, 0.3) is 0 Å². The van der Waals surface area contributed by atoms with Gasteiger partial charge in [0.05, 0.1) is 25.3 Å². The number of amides is 1. The zero-order valence-corrected chi connectivity index (χ0v) is 19.9. The maximum absolute atomic E-state index is 13.5. The van der Waals surface area contributed by atoms with Crippen LogP contribution in [-0.4, -0.2) is 72.4 Å². The average molecular weight is 469 g/mol. The van der Waals surface area contributed by atoms with Crippen LogP contribution in [0.2, 0.25) is 0 Å². The van der Waals surface area contributed by atoms with Crippen LogP contribution in [0, 0.1) is 19.3 Å². The van der Waals surface area contributed by atoms with Gasteiger partial charge in [0.1, 0.15) is 19.0 Å². The Labute approximate surface area is 200 Å². The smallest absolute Gasteiger partial charge is 0.237 e. The van der Waals surface area contributed by atoms with Gasteiger partial charge in [-0.25, -0.2) is 0 Å². The number of aliphatic hydroxyl groups is 1. The molecule has 1 fully saturated rings. The molecular weight excluding hydrogens is 436 g/mol. The van der Waals surface area contributed by atoms with Gasteiger partial charge < -0.3 is 19.5 Å². The summed E-state index contributed by atoms with van der Waals surface area (Å²) in [5.41, 5.74) is 2.37.